The van der Waals surface area contributed by atoms with Gasteiger partial charge in [0.2, 0.25) is 0 Å². The summed E-state index contributed by atoms with van der Waals surface area (Å²) < 4.78 is 19.3. The van der Waals surface area contributed by atoms with Crippen LogP contribution >= 0.6 is 0 Å². The molecule has 0 spiro atoms. The number of rotatable bonds is 5. The highest BCUT2D eigenvalue weighted by atomic mass is 19.1. The number of halogens is 1. The van der Waals surface area contributed by atoms with E-state index in [4.69, 9.17) is 9.84 Å². The molecule has 0 unspecified atom stereocenters. The first-order valence-electron chi connectivity index (χ1n) is 6.72. The van der Waals surface area contributed by atoms with E-state index in [1.54, 1.807) is 12.1 Å². The van der Waals surface area contributed by atoms with Crippen LogP contribution in [0.15, 0.2) is 42.5 Å². The van der Waals surface area contributed by atoms with Crippen LogP contribution in [0, 0.1) is 5.82 Å². The zero-order valence-corrected chi connectivity index (χ0v) is 12.0. The molecule has 0 aliphatic rings. The third-order valence-corrected chi connectivity index (χ3v) is 3.17. The molecule has 21 heavy (non-hydrogen) atoms. The van der Waals surface area contributed by atoms with Gasteiger partial charge in [-0.3, -0.25) is 4.79 Å². The van der Waals surface area contributed by atoms with Gasteiger partial charge in [0, 0.05) is 5.56 Å². The molecule has 0 heterocycles. The van der Waals surface area contributed by atoms with Gasteiger partial charge >= 0.3 is 0 Å². The van der Waals surface area contributed by atoms with Crippen LogP contribution in [0.2, 0.25) is 0 Å². The van der Waals surface area contributed by atoms with Crippen molar-refractivity contribution in [1.82, 2.24) is 0 Å². The lowest BCUT2D eigenvalue weighted by molar-refractivity contribution is 0.0903. The fraction of sp³-hybridized carbons (Fsp3) is 0.235. The summed E-state index contributed by atoms with van der Waals surface area (Å²) in [4.78, 5) is 11.3. The van der Waals surface area contributed by atoms with Gasteiger partial charge < -0.3 is 9.84 Å². The Morgan fingerprint density at radius 3 is 2.38 bits per heavy atom. The Kier molecular flexibility index (Phi) is 4.70. The molecule has 4 heteroatoms. The van der Waals surface area contributed by atoms with Crippen molar-refractivity contribution in [3.8, 4) is 11.5 Å². The van der Waals surface area contributed by atoms with E-state index < -0.39 is 18.2 Å². The van der Waals surface area contributed by atoms with Crippen LogP contribution in [0.25, 0.3) is 0 Å². The molecule has 0 amide bonds. The van der Waals surface area contributed by atoms with Gasteiger partial charge in [-0.15, -0.1) is 0 Å². The molecule has 110 valence electrons. The zero-order chi connectivity index (χ0) is 15.4. The van der Waals surface area contributed by atoms with Crippen molar-refractivity contribution in [1.29, 1.82) is 0 Å². The Balaban J connectivity index is 2.18. The van der Waals surface area contributed by atoms with E-state index >= 15 is 0 Å². The Bertz CT molecular complexity index is 633. The van der Waals surface area contributed by atoms with Crippen molar-refractivity contribution < 1.29 is 19.0 Å². The molecule has 0 radical (unpaired) electrons. The number of aliphatic hydroxyl groups excluding tert-OH is 1. The molecule has 0 fully saturated rings. The fourth-order valence-electron chi connectivity index (χ4n) is 1.90. The maximum atomic E-state index is 13.9. The third-order valence-electron chi connectivity index (χ3n) is 3.17. The Morgan fingerprint density at radius 1 is 1.19 bits per heavy atom. The monoisotopic (exact) mass is 288 g/mol. The largest absolute Gasteiger partial charge is 0.454 e. The van der Waals surface area contributed by atoms with Crippen molar-refractivity contribution in [2.75, 3.05) is 6.61 Å². The average molecular weight is 288 g/mol. The molecule has 2 rings (SSSR count). The van der Waals surface area contributed by atoms with Crippen molar-refractivity contribution in [3.63, 3.8) is 0 Å². The summed E-state index contributed by atoms with van der Waals surface area (Å²) >= 11 is 0. The second kappa shape index (κ2) is 6.50. The maximum absolute atomic E-state index is 13.9. The minimum atomic E-state index is -0.643. The quantitative estimate of drug-likeness (QED) is 0.848. The van der Waals surface area contributed by atoms with Crippen LogP contribution in [0.1, 0.15) is 35.7 Å². The smallest absolute Gasteiger partial charge is 0.188 e. The minimum absolute atomic E-state index is 0.0433. The normalized spacial score (nSPS) is 10.7. The predicted molar refractivity (Wildman–Crippen MR) is 78.4 cm³/mol. The van der Waals surface area contributed by atoms with E-state index in [1.807, 2.05) is 12.1 Å². The third kappa shape index (κ3) is 3.67. The van der Waals surface area contributed by atoms with E-state index in [1.165, 1.54) is 17.7 Å². The van der Waals surface area contributed by atoms with Gasteiger partial charge in [0.25, 0.3) is 0 Å². The van der Waals surface area contributed by atoms with Gasteiger partial charge in [-0.05, 0) is 41.8 Å². The van der Waals surface area contributed by atoms with Gasteiger partial charge in [-0.1, -0.05) is 26.0 Å². The maximum Gasteiger partial charge on any atom is 0.188 e. The highest BCUT2D eigenvalue weighted by Gasteiger charge is 2.10. The van der Waals surface area contributed by atoms with Crippen molar-refractivity contribution >= 4 is 5.78 Å². The van der Waals surface area contributed by atoms with Crippen LogP contribution in [0.5, 0.6) is 11.5 Å². The van der Waals surface area contributed by atoms with Crippen LogP contribution in [0.4, 0.5) is 4.39 Å². The second-order valence-corrected chi connectivity index (χ2v) is 5.05. The lowest BCUT2D eigenvalue weighted by atomic mass is 10.0. The van der Waals surface area contributed by atoms with Crippen molar-refractivity contribution in [2.45, 2.75) is 19.8 Å². The van der Waals surface area contributed by atoms with Crippen LogP contribution in [-0.4, -0.2) is 17.5 Å². The van der Waals surface area contributed by atoms with Crippen LogP contribution < -0.4 is 4.74 Å². The van der Waals surface area contributed by atoms with Crippen LogP contribution in [0.3, 0.4) is 0 Å². The number of ketones is 1. The summed E-state index contributed by atoms with van der Waals surface area (Å²) in [6.07, 6.45) is 0. The summed E-state index contributed by atoms with van der Waals surface area (Å²) in [5.41, 5.74) is 1.30. The zero-order valence-electron chi connectivity index (χ0n) is 12.0. The topological polar surface area (TPSA) is 46.5 Å². The summed E-state index contributed by atoms with van der Waals surface area (Å²) in [5.74, 6) is -0.176. The molecule has 1 N–H and O–H groups in total. The Morgan fingerprint density at radius 2 is 1.86 bits per heavy atom. The van der Waals surface area contributed by atoms with Gasteiger partial charge in [-0.25, -0.2) is 4.39 Å². The van der Waals surface area contributed by atoms with E-state index in [0.29, 0.717) is 11.7 Å². The Labute approximate surface area is 123 Å². The van der Waals surface area contributed by atoms with Crippen LogP contribution in [-0.2, 0) is 0 Å². The SMILES string of the molecule is CC(C)c1ccc(Oc2ccc(C(=O)CO)cc2F)cc1. The summed E-state index contributed by atoms with van der Waals surface area (Å²) in [6, 6.07) is 11.3. The number of hydrogen-bond acceptors (Lipinski definition) is 3. The number of hydrogen-bond donors (Lipinski definition) is 1. The molecule has 0 aliphatic carbocycles. The van der Waals surface area contributed by atoms with Gasteiger partial charge in [0.1, 0.15) is 12.4 Å². The highest BCUT2D eigenvalue weighted by molar-refractivity contribution is 5.97. The first-order valence-corrected chi connectivity index (χ1v) is 6.72. The van der Waals surface area contributed by atoms with Crippen molar-refractivity contribution in [2.24, 2.45) is 0 Å². The van der Waals surface area contributed by atoms with E-state index in [9.17, 15) is 9.18 Å². The number of carbonyl (C=O) groups is 1. The number of ether oxygens (including phenoxy) is 1. The first kappa shape index (κ1) is 15.2. The average Bonchev–Trinajstić information content (AvgIpc) is 2.49. The molecular formula is C17H17FO3. The Hall–Kier alpha value is -2.20. The molecule has 0 saturated heterocycles. The second-order valence-electron chi connectivity index (χ2n) is 5.05. The summed E-state index contributed by atoms with van der Waals surface area (Å²) in [6.45, 7) is 3.54. The molecule has 2 aromatic rings. The molecule has 2 aromatic carbocycles. The van der Waals surface area contributed by atoms with E-state index in [-0.39, 0.29) is 11.3 Å². The van der Waals surface area contributed by atoms with E-state index in [2.05, 4.69) is 13.8 Å². The standard InChI is InChI=1S/C17H17FO3/c1-11(2)12-3-6-14(7-4-12)21-17-8-5-13(9-15(17)18)16(20)10-19/h3-9,11,19H,10H2,1-2H3. The van der Waals surface area contributed by atoms with Crippen molar-refractivity contribution in [3.05, 3.63) is 59.4 Å². The minimum Gasteiger partial charge on any atom is -0.454 e. The lowest BCUT2D eigenvalue weighted by Gasteiger charge is -2.10. The molecule has 0 aliphatic heterocycles. The molecule has 0 saturated carbocycles. The number of Topliss-reactive ketones (excluding diaryl/α,β-unsaturated/α-hetero) is 1. The summed E-state index contributed by atoms with van der Waals surface area (Å²) in [7, 11) is 0. The van der Waals surface area contributed by atoms with Gasteiger partial charge in [-0.2, -0.15) is 0 Å². The van der Waals surface area contributed by atoms with Gasteiger partial charge in [0.15, 0.2) is 17.3 Å². The molecule has 0 atom stereocenters. The fourth-order valence-corrected chi connectivity index (χ4v) is 1.90. The summed E-state index contributed by atoms with van der Waals surface area (Å²) in [5, 5.41) is 8.75. The molecule has 0 aromatic heterocycles. The van der Waals surface area contributed by atoms with E-state index in [0.717, 1.165) is 6.07 Å². The number of benzene rings is 2. The van der Waals surface area contributed by atoms with Gasteiger partial charge in [0.05, 0.1) is 0 Å². The number of aliphatic hydroxyl groups is 1. The lowest BCUT2D eigenvalue weighted by Crippen LogP contribution is -2.04. The number of carbonyl (C=O) groups excluding carboxylic acids is 1. The first-order chi connectivity index (χ1) is 10.0. The highest BCUT2D eigenvalue weighted by Crippen LogP contribution is 2.26. The molecule has 3 nitrogen and oxygen atoms in total. The predicted octanol–water partition coefficient (Wildman–Crippen LogP) is 3.92. The molecule has 0 bridgehead atoms. The molecular weight excluding hydrogens is 271 g/mol.